The molecule has 0 amide bonds. The van der Waals surface area contributed by atoms with Crippen molar-refractivity contribution in [3.05, 3.63) is 30.0 Å². The zero-order chi connectivity index (χ0) is 14.7. The van der Waals surface area contributed by atoms with Gasteiger partial charge in [0.25, 0.3) is 0 Å². The lowest BCUT2D eigenvalue weighted by atomic mass is 10.1. The Labute approximate surface area is 122 Å². The fourth-order valence-corrected chi connectivity index (χ4v) is 2.48. The van der Waals surface area contributed by atoms with E-state index >= 15 is 0 Å². The molecular formula is C15H17N3O3. The van der Waals surface area contributed by atoms with Gasteiger partial charge < -0.3 is 14.4 Å². The van der Waals surface area contributed by atoms with Gasteiger partial charge in [-0.15, -0.1) is 10.2 Å². The summed E-state index contributed by atoms with van der Waals surface area (Å²) in [6, 6.07) is 7.69. The third kappa shape index (κ3) is 2.67. The van der Waals surface area contributed by atoms with Gasteiger partial charge in [-0.05, 0) is 13.0 Å². The molecule has 1 aliphatic rings. The molecule has 1 aromatic heterocycles. The second-order valence-electron chi connectivity index (χ2n) is 4.73. The molecule has 1 saturated heterocycles. The van der Waals surface area contributed by atoms with Crippen molar-refractivity contribution in [3.8, 4) is 0 Å². The van der Waals surface area contributed by atoms with Crippen LogP contribution in [-0.4, -0.2) is 49.1 Å². The number of morpholine rings is 1. The zero-order valence-corrected chi connectivity index (χ0v) is 11.9. The molecule has 0 atom stereocenters. The molecule has 6 heteroatoms. The Morgan fingerprint density at radius 2 is 2.05 bits per heavy atom. The number of benzene rings is 1. The van der Waals surface area contributed by atoms with Gasteiger partial charge in [0.15, 0.2) is 5.69 Å². The van der Waals surface area contributed by atoms with E-state index in [-0.39, 0.29) is 5.69 Å². The summed E-state index contributed by atoms with van der Waals surface area (Å²) in [4.78, 5) is 14.3. The van der Waals surface area contributed by atoms with Gasteiger partial charge >= 0.3 is 5.97 Å². The number of carbonyl (C=O) groups is 1. The first-order valence-electron chi connectivity index (χ1n) is 7.06. The largest absolute Gasteiger partial charge is 0.461 e. The van der Waals surface area contributed by atoms with E-state index in [4.69, 9.17) is 9.47 Å². The summed E-state index contributed by atoms with van der Waals surface area (Å²) in [6.07, 6.45) is 0. The normalized spacial score (nSPS) is 15.2. The van der Waals surface area contributed by atoms with Gasteiger partial charge in [0.2, 0.25) is 0 Å². The van der Waals surface area contributed by atoms with E-state index in [1.54, 1.807) is 6.92 Å². The third-order valence-corrected chi connectivity index (χ3v) is 3.44. The fourth-order valence-electron chi connectivity index (χ4n) is 2.48. The Balaban J connectivity index is 2.14. The minimum atomic E-state index is -0.433. The van der Waals surface area contributed by atoms with Crippen LogP contribution in [0, 0.1) is 0 Å². The molecular weight excluding hydrogens is 270 g/mol. The third-order valence-electron chi connectivity index (χ3n) is 3.44. The quantitative estimate of drug-likeness (QED) is 0.800. The zero-order valence-electron chi connectivity index (χ0n) is 11.9. The first kappa shape index (κ1) is 13.8. The molecule has 2 heterocycles. The van der Waals surface area contributed by atoms with Crippen LogP contribution in [0.5, 0.6) is 0 Å². The van der Waals surface area contributed by atoms with Crippen LogP contribution in [0.15, 0.2) is 24.3 Å². The molecule has 0 bridgehead atoms. The lowest BCUT2D eigenvalue weighted by Crippen LogP contribution is -2.37. The van der Waals surface area contributed by atoms with Crippen LogP contribution in [0.2, 0.25) is 0 Å². The highest BCUT2D eigenvalue weighted by Gasteiger charge is 2.24. The van der Waals surface area contributed by atoms with Gasteiger partial charge in [-0.1, -0.05) is 18.2 Å². The fraction of sp³-hybridized carbons (Fsp3) is 0.400. The van der Waals surface area contributed by atoms with E-state index in [1.165, 1.54) is 0 Å². The molecule has 3 rings (SSSR count). The SMILES string of the molecule is CCOC(=O)c1nnc2ccccc2c1N1CCOCC1. The Kier molecular flexibility index (Phi) is 3.96. The number of anilines is 1. The molecule has 1 aliphatic heterocycles. The van der Waals surface area contributed by atoms with E-state index < -0.39 is 5.97 Å². The lowest BCUT2D eigenvalue weighted by Gasteiger charge is -2.30. The van der Waals surface area contributed by atoms with Gasteiger partial charge in [0.1, 0.15) is 0 Å². The molecule has 0 unspecified atom stereocenters. The molecule has 0 N–H and O–H groups in total. The maximum absolute atomic E-state index is 12.2. The van der Waals surface area contributed by atoms with Crippen molar-refractivity contribution in [1.82, 2.24) is 10.2 Å². The van der Waals surface area contributed by atoms with E-state index in [2.05, 4.69) is 15.1 Å². The highest BCUT2D eigenvalue weighted by molar-refractivity contribution is 6.03. The van der Waals surface area contributed by atoms with Crippen molar-refractivity contribution < 1.29 is 14.3 Å². The molecule has 1 fully saturated rings. The number of fused-ring (bicyclic) bond motifs is 1. The van der Waals surface area contributed by atoms with E-state index in [0.717, 1.165) is 29.7 Å². The number of rotatable bonds is 3. The second kappa shape index (κ2) is 6.05. The Morgan fingerprint density at radius 1 is 1.29 bits per heavy atom. The second-order valence-corrected chi connectivity index (χ2v) is 4.73. The van der Waals surface area contributed by atoms with Crippen LogP contribution in [0.1, 0.15) is 17.4 Å². The summed E-state index contributed by atoms with van der Waals surface area (Å²) < 4.78 is 10.5. The highest BCUT2D eigenvalue weighted by Crippen LogP contribution is 2.29. The monoisotopic (exact) mass is 287 g/mol. The molecule has 6 nitrogen and oxygen atoms in total. The first-order chi connectivity index (χ1) is 10.3. The summed E-state index contributed by atoms with van der Waals surface area (Å²) in [5.74, 6) is -0.433. The maximum atomic E-state index is 12.2. The Bertz CT molecular complexity index is 654. The minimum Gasteiger partial charge on any atom is -0.461 e. The molecule has 0 aliphatic carbocycles. The Hall–Kier alpha value is -2.21. The number of ether oxygens (including phenoxy) is 2. The summed E-state index contributed by atoms with van der Waals surface area (Å²) in [5.41, 5.74) is 1.84. The van der Waals surface area contributed by atoms with Gasteiger partial charge in [-0.2, -0.15) is 0 Å². The summed E-state index contributed by atoms with van der Waals surface area (Å²) >= 11 is 0. The van der Waals surface area contributed by atoms with Crippen molar-refractivity contribution in [1.29, 1.82) is 0 Å². The number of carbonyl (C=O) groups excluding carboxylic acids is 1. The van der Waals surface area contributed by atoms with Crippen LogP contribution in [0.4, 0.5) is 5.69 Å². The van der Waals surface area contributed by atoms with Crippen LogP contribution in [0.3, 0.4) is 0 Å². The number of esters is 1. The topological polar surface area (TPSA) is 64.5 Å². The van der Waals surface area contributed by atoms with Crippen LogP contribution in [0.25, 0.3) is 10.9 Å². The van der Waals surface area contributed by atoms with Gasteiger partial charge in [-0.25, -0.2) is 4.79 Å². The Morgan fingerprint density at radius 3 is 2.81 bits per heavy atom. The smallest absolute Gasteiger partial charge is 0.361 e. The molecule has 21 heavy (non-hydrogen) atoms. The van der Waals surface area contributed by atoms with Crippen molar-refractivity contribution in [2.45, 2.75) is 6.92 Å². The highest BCUT2D eigenvalue weighted by atomic mass is 16.5. The predicted molar refractivity (Wildman–Crippen MR) is 78.5 cm³/mol. The van der Waals surface area contributed by atoms with Crippen LogP contribution >= 0.6 is 0 Å². The first-order valence-corrected chi connectivity index (χ1v) is 7.06. The number of hydrogen-bond acceptors (Lipinski definition) is 6. The van der Waals surface area contributed by atoms with Crippen molar-refractivity contribution in [2.75, 3.05) is 37.8 Å². The van der Waals surface area contributed by atoms with Gasteiger partial charge in [0, 0.05) is 18.5 Å². The molecule has 1 aromatic carbocycles. The van der Waals surface area contributed by atoms with Crippen LogP contribution in [-0.2, 0) is 9.47 Å². The van der Waals surface area contributed by atoms with E-state index in [9.17, 15) is 4.79 Å². The molecule has 0 saturated carbocycles. The summed E-state index contributed by atoms with van der Waals surface area (Å²) in [5, 5.41) is 9.14. The van der Waals surface area contributed by atoms with Gasteiger partial charge in [0.05, 0.1) is 31.0 Å². The average molecular weight is 287 g/mol. The van der Waals surface area contributed by atoms with E-state index in [0.29, 0.717) is 19.8 Å². The van der Waals surface area contributed by atoms with Crippen LogP contribution < -0.4 is 4.90 Å². The van der Waals surface area contributed by atoms with E-state index in [1.807, 2.05) is 24.3 Å². The summed E-state index contributed by atoms with van der Waals surface area (Å²) in [7, 11) is 0. The molecule has 110 valence electrons. The average Bonchev–Trinajstić information content (AvgIpc) is 2.55. The maximum Gasteiger partial charge on any atom is 0.361 e. The molecule has 0 radical (unpaired) electrons. The summed E-state index contributed by atoms with van der Waals surface area (Å²) in [6.45, 7) is 4.82. The lowest BCUT2D eigenvalue weighted by molar-refractivity contribution is 0.0518. The van der Waals surface area contributed by atoms with Crippen molar-refractivity contribution >= 4 is 22.6 Å². The molecule has 2 aromatic rings. The van der Waals surface area contributed by atoms with Gasteiger partial charge in [-0.3, -0.25) is 0 Å². The van der Waals surface area contributed by atoms with Crippen molar-refractivity contribution in [2.24, 2.45) is 0 Å². The predicted octanol–water partition coefficient (Wildman–Crippen LogP) is 1.64. The number of hydrogen-bond donors (Lipinski definition) is 0. The van der Waals surface area contributed by atoms with Crippen molar-refractivity contribution in [3.63, 3.8) is 0 Å². The minimum absolute atomic E-state index is 0.275. The standard InChI is InChI=1S/C15H17N3O3/c1-2-21-15(19)13-14(18-7-9-20-10-8-18)11-5-3-4-6-12(11)16-17-13/h3-6H,2,7-10H2,1H3. The number of aromatic nitrogens is 2. The molecule has 0 spiro atoms. The number of nitrogens with zero attached hydrogens (tertiary/aromatic N) is 3.